The van der Waals surface area contributed by atoms with Gasteiger partial charge in [0.25, 0.3) is 0 Å². The first kappa shape index (κ1) is 29.1. The van der Waals surface area contributed by atoms with Gasteiger partial charge in [-0.15, -0.1) is 0 Å². The van der Waals surface area contributed by atoms with Crippen molar-refractivity contribution >= 4 is 20.2 Å². The van der Waals surface area contributed by atoms with Gasteiger partial charge in [-0.25, -0.2) is 0 Å². The van der Waals surface area contributed by atoms with Crippen LogP contribution in [0.5, 0.6) is 0 Å². The smallest absolute Gasteiger partial charge is 0.323 e. The molecule has 1 aliphatic heterocycles. The predicted molar refractivity (Wildman–Crippen MR) is 134 cm³/mol. The van der Waals surface area contributed by atoms with Gasteiger partial charge >= 0.3 is 5.97 Å². The summed E-state index contributed by atoms with van der Waals surface area (Å²) in [4.78, 5) is 25.0. The van der Waals surface area contributed by atoms with E-state index in [1.165, 1.54) is 0 Å². The summed E-state index contributed by atoms with van der Waals surface area (Å²) >= 11 is 0. The number of nitrogens with one attached hydrogen (secondary N) is 2. The van der Waals surface area contributed by atoms with Crippen LogP contribution in [0.3, 0.4) is 0 Å². The largest absolute Gasteiger partial charge is 0.459 e. The average molecular weight is 471 g/mol. The highest BCUT2D eigenvalue weighted by molar-refractivity contribution is 6.74. The summed E-state index contributed by atoms with van der Waals surface area (Å²) in [5.41, 5.74) is -0.531. The lowest BCUT2D eigenvalue weighted by atomic mass is 9.86. The van der Waals surface area contributed by atoms with Gasteiger partial charge in [0.15, 0.2) is 8.32 Å². The topological polar surface area (TPSA) is 76.7 Å². The van der Waals surface area contributed by atoms with Gasteiger partial charge in [0.1, 0.15) is 11.6 Å². The number of rotatable bonds is 10. The van der Waals surface area contributed by atoms with E-state index in [4.69, 9.17) is 9.16 Å². The third-order valence-corrected chi connectivity index (χ3v) is 11.7. The third kappa shape index (κ3) is 8.79. The summed E-state index contributed by atoms with van der Waals surface area (Å²) in [5.74, 6) is 0.401. The first-order valence-electron chi connectivity index (χ1n) is 12.4. The normalized spacial score (nSPS) is 23.3. The molecule has 0 unspecified atom stereocenters. The Morgan fingerprint density at radius 3 is 2.09 bits per heavy atom. The molecule has 1 saturated heterocycles. The predicted octanol–water partition coefficient (Wildman–Crippen LogP) is 5.03. The Bertz CT molecular complexity index is 620. The lowest BCUT2D eigenvalue weighted by molar-refractivity contribution is -0.157. The van der Waals surface area contributed by atoms with Gasteiger partial charge in [-0.3, -0.25) is 14.9 Å². The van der Waals surface area contributed by atoms with E-state index in [1.807, 2.05) is 20.8 Å². The maximum Gasteiger partial charge on any atom is 0.323 e. The van der Waals surface area contributed by atoms with Crippen molar-refractivity contribution in [2.24, 2.45) is 11.8 Å². The molecule has 0 radical (unpaired) electrons. The molecule has 1 aliphatic rings. The Labute approximate surface area is 198 Å². The zero-order valence-corrected chi connectivity index (χ0v) is 23.6. The van der Waals surface area contributed by atoms with Crippen LogP contribution in [0.4, 0.5) is 0 Å². The van der Waals surface area contributed by atoms with Crippen LogP contribution in [-0.2, 0) is 18.8 Å². The van der Waals surface area contributed by atoms with E-state index in [0.29, 0.717) is 18.9 Å². The highest BCUT2D eigenvalue weighted by atomic mass is 28.4. The summed E-state index contributed by atoms with van der Waals surface area (Å²) in [5, 5.41) is 6.85. The van der Waals surface area contributed by atoms with Crippen LogP contribution in [0, 0.1) is 11.8 Å². The standard InChI is InChI=1S/C25H50N2O4Si/c1-12-18(13-2)14-20(26-17(3)28)22-19(16-30-32(10,11)25(7,8)9)15-21(27-22)23(29)31-24(4,5)6/h18-22,27H,12-16H2,1-11H3,(H,26,28)/t19-,20-,21+,22+/m0/s1. The van der Waals surface area contributed by atoms with Crippen molar-refractivity contribution in [1.82, 2.24) is 10.6 Å². The Balaban J connectivity index is 3.14. The second kappa shape index (κ2) is 11.5. The first-order chi connectivity index (χ1) is 14.5. The number of esters is 1. The van der Waals surface area contributed by atoms with Gasteiger partial charge in [0.05, 0.1) is 0 Å². The second-order valence-corrected chi connectivity index (χ2v) is 16.9. The quantitative estimate of drug-likeness (QED) is 0.346. The maximum absolute atomic E-state index is 12.9. The van der Waals surface area contributed by atoms with Crippen molar-refractivity contribution in [2.75, 3.05) is 6.61 Å². The van der Waals surface area contributed by atoms with Crippen molar-refractivity contribution in [2.45, 2.75) is 130 Å². The highest BCUT2D eigenvalue weighted by Crippen LogP contribution is 2.38. The Morgan fingerprint density at radius 2 is 1.66 bits per heavy atom. The molecule has 0 aromatic rings. The molecule has 32 heavy (non-hydrogen) atoms. The number of amides is 1. The molecule has 4 atom stereocenters. The lowest BCUT2D eigenvalue weighted by Crippen LogP contribution is -2.53. The molecule has 6 nitrogen and oxygen atoms in total. The summed E-state index contributed by atoms with van der Waals surface area (Å²) in [7, 11) is -1.93. The van der Waals surface area contributed by atoms with Crippen LogP contribution in [0.15, 0.2) is 0 Å². The van der Waals surface area contributed by atoms with E-state index < -0.39 is 13.9 Å². The van der Waals surface area contributed by atoms with Crippen molar-refractivity contribution in [3.8, 4) is 0 Å². The van der Waals surface area contributed by atoms with Crippen LogP contribution in [0.25, 0.3) is 0 Å². The molecule has 2 N–H and O–H groups in total. The van der Waals surface area contributed by atoms with Crippen LogP contribution < -0.4 is 10.6 Å². The Hall–Kier alpha value is -0.923. The average Bonchev–Trinajstić information content (AvgIpc) is 3.05. The Morgan fingerprint density at radius 1 is 1.09 bits per heavy atom. The maximum atomic E-state index is 12.9. The van der Waals surface area contributed by atoms with Gasteiger partial charge in [0, 0.05) is 31.5 Å². The molecule has 1 amide bonds. The number of ether oxygens (including phenoxy) is 1. The first-order valence-corrected chi connectivity index (χ1v) is 15.3. The third-order valence-electron chi connectivity index (χ3n) is 7.16. The number of hydrogen-bond donors (Lipinski definition) is 2. The van der Waals surface area contributed by atoms with Crippen molar-refractivity contribution in [1.29, 1.82) is 0 Å². The summed E-state index contributed by atoms with van der Waals surface area (Å²) in [6.07, 6.45) is 3.69. The Kier molecular flexibility index (Phi) is 10.4. The molecule has 1 rings (SSSR count). The summed E-state index contributed by atoms with van der Waals surface area (Å²) in [6, 6.07) is -0.454. The van der Waals surface area contributed by atoms with Crippen LogP contribution >= 0.6 is 0 Å². The summed E-state index contributed by atoms with van der Waals surface area (Å²) < 4.78 is 12.3. The zero-order valence-electron chi connectivity index (χ0n) is 22.6. The van der Waals surface area contributed by atoms with E-state index in [9.17, 15) is 9.59 Å². The molecule has 0 aromatic heterocycles. The van der Waals surface area contributed by atoms with E-state index in [2.05, 4.69) is 58.3 Å². The van der Waals surface area contributed by atoms with Crippen molar-refractivity contribution < 1.29 is 18.8 Å². The summed E-state index contributed by atoms with van der Waals surface area (Å²) in [6.45, 7) is 23.4. The van der Waals surface area contributed by atoms with Gasteiger partial charge in [0.2, 0.25) is 5.91 Å². The van der Waals surface area contributed by atoms with Gasteiger partial charge in [-0.05, 0) is 57.7 Å². The molecule has 188 valence electrons. The fraction of sp³-hybridized carbons (Fsp3) is 0.920. The zero-order chi connectivity index (χ0) is 24.9. The molecule has 0 aliphatic carbocycles. The van der Waals surface area contributed by atoms with E-state index >= 15 is 0 Å². The number of carbonyl (C=O) groups is 2. The fourth-order valence-electron chi connectivity index (χ4n) is 4.11. The molecular weight excluding hydrogens is 420 g/mol. The second-order valence-electron chi connectivity index (χ2n) is 12.1. The number of hydrogen-bond acceptors (Lipinski definition) is 5. The minimum absolute atomic E-state index is 0.0261. The molecular formula is C25H50N2O4Si. The fourth-order valence-corrected chi connectivity index (χ4v) is 5.17. The lowest BCUT2D eigenvalue weighted by Gasteiger charge is -2.38. The van der Waals surface area contributed by atoms with Crippen LogP contribution in [-0.4, -0.2) is 50.5 Å². The van der Waals surface area contributed by atoms with Gasteiger partial charge in [-0.2, -0.15) is 0 Å². The molecule has 7 heteroatoms. The SMILES string of the molecule is CCC(CC)C[C@H](NC(C)=O)[C@@H]1N[C@@H](C(=O)OC(C)(C)C)C[C@H]1CO[Si](C)(C)C(C)(C)C. The highest BCUT2D eigenvalue weighted by Gasteiger charge is 2.45. The van der Waals surface area contributed by atoms with E-state index in [1.54, 1.807) is 6.92 Å². The molecule has 0 bridgehead atoms. The minimum atomic E-state index is -1.93. The molecule has 0 aromatic carbocycles. The molecule has 0 spiro atoms. The minimum Gasteiger partial charge on any atom is -0.459 e. The molecule has 1 heterocycles. The van der Waals surface area contributed by atoms with Crippen LogP contribution in [0.2, 0.25) is 18.1 Å². The molecule has 1 fully saturated rings. The van der Waals surface area contributed by atoms with Crippen molar-refractivity contribution in [3.05, 3.63) is 0 Å². The number of carbonyl (C=O) groups excluding carboxylic acids is 2. The molecule has 0 saturated carbocycles. The van der Waals surface area contributed by atoms with Gasteiger partial charge in [-0.1, -0.05) is 47.5 Å². The van der Waals surface area contributed by atoms with Crippen LogP contribution in [0.1, 0.15) is 88.0 Å². The van der Waals surface area contributed by atoms with Crippen molar-refractivity contribution in [3.63, 3.8) is 0 Å². The van der Waals surface area contributed by atoms with E-state index in [0.717, 1.165) is 19.3 Å². The van der Waals surface area contributed by atoms with E-state index in [-0.39, 0.29) is 41.0 Å². The monoisotopic (exact) mass is 470 g/mol. The van der Waals surface area contributed by atoms with Gasteiger partial charge < -0.3 is 14.5 Å².